The highest BCUT2D eigenvalue weighted by Crippen LogP contribution is 2.17. The summed E-state index contributed by atoms with van der Waals surface area (Å²) in [6, 6.07) is 7.49. The number of aromatic nitrogens is 2. The minimum Gasteiger partial charge on any atom is -0.364 e. The van der Waals surface area contributed by atoms with Gasteiger partial charge in [-0.25, -0.2) is 0 Å². The van der Waals surface area contributed by atoms with Crippen molar-refractivity contribution in [3.05, 3.63) is 30.0 Å². The van der Waals surface area contributed by atoms with E-state index in [0.717, 1.165) is 10.9 Å². The first-order valence-corrected chi connectivity index (χ1v) is 4.49. The molecule has 0 spiro atoms. The van der Waals surface area contributed by atoms with Crippen LogP contribution in [0, 0.1) is 0 Å². The lowest BCUT2D eigenvalue weighted by Gasteiger charge is -1.99. The summed E-state index contributed by atoms with van der Waals surface area (Å²) in [4.78, 5) is 11.2. The van der Waals surface area contributed by atoms with Gasteiger partial charge in [-0.05, 0) is 13.0 Å². The van der Waals surface area contributed by atoms with Crippen molar-refractivity contribution in [2.75, 3.05) is 0 Å². The molecule has 0 fully saturated rings. The van der Waals surface area contributed by atoms with E-state index in [1.807, 2.05) is 31.2 Å². The largest absolute Gasteiger partial charge is 0.364 e. The van der Waals surface area contributed by atoms with Crippen LogP contribution in [0.15, 0.2) is 24.3 Å². The van der Waals surface area contributed by atoms with Gasteiger partial charge in [0, 0.05) is 11.9 Å². The Labute approximate surface area is 81.3 Å². The summed E-state index contributed by atoms with van der Waals surface area (Å²) >= 11 is 0. The van der Waals surface area contributed by atoms with Crippen molar-refractivity contribution in [2.24, 2.45) is 5.73 Å². The van der Waals surface area contributed by atoms with Crippen molar-refractivity contribution in [2.45, 2.75) is 13.5 Å². The zero-order valence-corrected chi connectivity index (χ0v) is 7.90. The second kappa shape index (κ2) is 3.14. The molecule has 14 heavy (non-hydrogen) atoms. The maximum absolute atomic E-state index is 11.2. The van der Waals surface area contributed by atoms with Gasteiger partial charge in [0.2, 0.25) is 0 Å². The molecule has 0 saturated carbocycles. The number of primary amides is 1. The molecule has 0 aliphatic rings. The number of fused-ring (bicyclic) bond motifs is 1. The fraction of sp³-hybridized carbons (Fsp3) is 0.200. The van der Waals surface area contributed by atoms with E-state index in [0.29, 0.717) is 12.2 Å². The summed E-state index contributed by atoms with van der Waals surface area (Å²) in [5, 5.41) is 5.09. The maximum atomic E-state index is 11.2. The van der Waals surface area contributed by atoms with E-state index in [9.17, 15) is 4.79 Å². The lowest BCUT2D eigenvalue weighted by atomic mass is 10.2. The lowest BCUT2D eigenvalue weighted by molar-refractivity contribution is 0.0992. The molecule has 1 aromatic carbocycles. The second-order valence-corrected chi connectivity index (χ2v) is 3.05. The van der Waals surface area contributed by atoms with Crippen molar-refractivity contribution in [3.63, 3.8) is 0 Å². The number of hydrogen-bond acceptors (Lipinski definition) is 2. The Morgan fingerprint density at radius 3 is 2.86 bits per heavy atom. The minimum absolute atomic E-state index is 0.430. The number of hydrogen-bond donors (Lipinski definition) is 1. The molecule has 2 rings (SSSR count). The Bertz CT molecular complexity index is 487. The van der Waals surface area contributed by atoms with E-state index in [4.69, 9.17) is 5.73 Å². The summed E-state index contributed by atoms with van der Waals surface area (Å²) in [6.07, 6.45) is 0. The van der Waals surface area contributed by atoms with Gasteiger partial charge < -0.3 is 5.73 Å². The van der Waals surface area contributed by atoms with Gasteiger partial charge in [0.1, 0.15) is 5.69 Å². The van der Waals surface area contributed by atoms with Gasteiger partial charge in [0.15, 0.2) is 0 Å². The quantitative estimate of drug-likeness (QED) is 0.770. The predicted molar refractivity (Wildman–Crippen MR) is 53.9 cm³/mol. The summed E-state index contributed by atoms with van der Waals surface area (Å²) in [5.41, 5.74) is 6.60. The molecule has 1 heterocycles. The molecule has 2 aromatic rings. The third-order valence-electron chi connectivity index (χ3n) is 2.18. The molecule has 0 unspecified atom stereocenters. The number of carbonyl (C=O) groups is 1. The molecule has 0 atom stereocenters. The molecule has 72 valence electrons. The maximum Gasteiger partial charge on any atom is 0.267 e. The number of benzene rings is 1. The first-order chi connectivity index (χ1) is 6.74. The number of carbonyl (C=O) groups excluding carboxylic acids is 1. The highest BCUT2D eigenvalue weighted by Gasteiger charge is 2.13. The third-order valence-corrected chi connectivity index (χ3v) is 2.18. The zero-order chi connectivity index (χ0) is 10.1. The Hall–Kier alpha value is -1.84. The molecule has 0 saturated heterocycles. The topological polar surface area (TPSA) is 60.9 Å². The Morgan fingerprint density at radius 2 is 2.21 bits per heavy atom. The molecule has 0 bridgehead atoms. The standard InChI is InChI=1S/C10H11N3O/c1-2-13-9(10(11)14)7-5-3-4-6-8(7)12-13/h3-6H,2H2,1H3,(H2,11,14). The van der Waals surface area contributed by atoms with Crippen LogP contribution in [0.2, 0.25) is 0 Å². The number of aryl methyl sites for hydroxylation is 1. The average Bonchev–Trinajstić information content (AvgIpc) is 2.55. The zero-order valence-electron chi connectivity index (χ0n) is 7.90. The van der Waals surface area contributed by atoms with Crippen LogP contribution in [0.5, 0.6) is 0 Å². The normalized spacial score (nSPS) is 10.6. The molecule has 2 N–H and O–H groups in total. The van der Waals surface area contributed by atoms with E-state index in [1.54, 1.807) is 4.68 Å². The van der Waals surface area contributed by atoms with Gasteiger partial charge >= 0.3 is 0 Å². The van der Waals surface area contributed by atoms with Gasteiger partial charge in [-0.1, -0.05) is 18.2 Å². The van der Waals surface area contributed by atoms with Gasteiger partial charge in [0.25, 0.3) is 5.91 Å². The molecule has 4 heteroatoms. The first-order valence-electron chi connectivity index (χ1n) is 4.49. The van der Waals surface area contributed by atoms with Crippen LogP contribution in [0.3, 0.4) is 0 Å². The molecule has 0 aliphatic heterocycles. The van der Waals surface area contributed by atoms with Crippen LogP contribution in [0.1, 0.15) is 17.4 Å². The molecule has 1 aromatic heterocycles. The number of nitrogens with zero attached hydrogens (tertiary/aromatic N) is 2. The summed E-state index contributed by atoms with van der Waals surface area (Å²) < 4.78 is 1.63. The van der Waals surface area contributed by atoms with E-state index in [1.165, 1.54) is 0 Å². The van der Waals surface area contributed by atoms with Gasteiger partial charge in [-0.3, -0.25) is 9.48 Å². The van der Waals surface area contributed by atoms with E-state index in [-0.39, 0.29) is 0 Å². The first kappa shape index (κ1) is 8.74. The highest BCUT2D eigenvalue weighted by molar-refractivity contribution is 6.04. The molecular weight excluding hydrogens is 178 g/mol. The highest BCUT2D eigenvalue weighted by atomic mass is 16.1. The van der Waals surface area contributed by atoms with Crippen molar-refractivity contribution in [1.82, 2.24) is 9.78 Å². The lowest BCUT2D eigenvalue weighted by Crippen LogP contribution is -2.17. The van der Waals surface area contributed by atoms with Crippen molar-refractivity contribution in [1.29, 1.82) is 0 Å². The number of amides is 1. The number of rotatable bonds is 2. The molecule has 0 aliphatic carbocycles. The smallest absolute Gasteiger partial charge is 0.267 e. The summed E-state index contributed by atoms with van der Waals surface area (Å²) in [7, 11) is 0. The van der Waals surface area contributed by atoms with Crippen LogP contribution < -0.4 is 5.73 Å². The molecule has 4 nitrogen and oxygen atoms in total. The monoisotopic (exact) mass is 189 g/mol. The molecular formula is C10H11N3O. The van der Waals surface area contributed by atoms with E-state index >= 15 is 0 Å². The van der Waals surface area contributed by atoms with Crippen molar-refractivity contribution >= 4 is 16.8 Å². The summed E-state index contributed by atoms with van der Waals surface area (Å²) in [6.45, 7) is 2.57. The third kappa shape index (κ3) is 1.16. The Balaban J connectivity index is 2.81. The number of nitrogens with two attached hydrogens (primary N) is 1. The summed E-state index contributed by atoms with van der Waals surface area (Å²) in [5.74, 6) is -0.430. The SMILES string of the molecule is CCn1nc2ccccc2c1C(N)=O. The van der Waals surface area contributed by atoms with Crippen molar-refractivity contribution < 1.29 is 4.79 Å². The minimum atomic E-state index is -0.430. The predicted octanol–water partition coefficient (Wildman–Crippen LogP) is 1.16. The van der Waals surface area contributed by atoms with Gasteiger partial charge in [-0.15, -0.1) is 0 Å². The van der Waals surface area contributed by atoms with Crippen molar-refractivity contribution in [3.8, 4) is 0 Å². The average molecular weight is 189 g/mol. The Morgan fingerprint density at radius 1 is 1.50 bits per heavy atom. The second-order valence-electron chi connectivity index (χ2n) is 3.05. The van der Waals surface area contributed by atoms with Crippen LogP contribution in [-0.2, 0) is 6.54 Å². The van der Waals surface area contributed by atoms with E-state index < -0.39 is 5.91 Å². The van der Waals surface area contributed by atoms with Gasteiger partial charge in [-0.2, -0.15) is 5.10 Å². The van der Waals surface area contributed by atoms with Crippen LogP contribution in [0.4, 0.5) is 0 Å². The van der Waals surface area contributed by atoms with Crippen LogP contribution >= 0.6 is 0 Å². The van der Waals surface area contributed by atoms with Crippen LogP contribution in [-0.4, -0.2) is 15.7 Å². The molecule has 0 radical (unpaired) electrons. The van der Waals surface area contributed by atoms with Crippen LogP contribution in [0.25, 0.3) is 10.9 Å². The fourth-order valence-electron chi connectivity index (χ4n) is 1.57. The molecule has 1 amide bonds. The Kier molecular flexibility index (Phi) is 1.96. The van der Waals surface area contributed by atoms with E-state index in [2.05, 4.69) is 5.10 Å². The fourth-order valence-corrected chi connectivity index (χ4v) is 1.57. The van der Waals surface area contributed by atoms with Gasteiger partial charge in [0.05, 0.1) is 5.52 Å².